The zero-order chi connectivity index (χ0) is 12.7. The van der Waals surface area contributed by atoms with E-state index >= 15 is 0 Å². The second kappa shape index (κ2) is 6.74. The van der Waals surface area contributed by atoms with Gasteiger partial charge >= 0.3 is 0 Å². The number of benzene rings is 1. The van der Waals surface area contributed by atoms with Crippen LogP contribution in [0.15, 0.2) is 30.3 Å². The number of rotatable bonds is 7. The van der Waals surface area contributed by atoms with Crippen LogP contribution in [0.25, 0.3) is 0 Å². The molecule has 96 valence electrons. The van der Waals surface area contributed by atoms with E-state index in [1.807, 2.05) is 25.1 Å². The van der Waals surface area contributed by atoms with Crippen molar-refractivity contribution in [1.29, 1.82) is 0 Å². The largest absolute Gasteiger partial charge is 0.327 e. The highest BCUT2D eigenvalue weighted by Crippen LogP contribution is 2.04. The Bertz CT molecular complexity index is 417. The van der Waals surface area contributed by atoms with Crippen LogP contribution in [-0.2, 0) is 15.8 Å². The van der Waals surface area contributed by atoms with Crippen LogP contribution in [0.3, 0.4) is 0 Å². The van der Waals surface area contributed by atoms with Crippen LogP contribution in [0, 0.1) is 0 Å². The average molecular weight is 256 g/mol. The predicted octanol–water partition coefficient (Wildman–Crippen LogP) is 1.23. The molecule has 0 amide bonds. The van der Waals surface area contributed by atoms with E-state index in [1.54, 1.807) is 12.1 Å². The summed E-state index contributed by atoms with van der Waals surface area (Å²) in [7, 11) is -3.28. The van der Waals surface area contributed by atoms with Crippen molar-refractivity contribution < 1.29 is 8.42 Å². The molecule has 0 aliphatic heterocycles. The molecular weight excluding hydrogens is 236 g/mol. The van der Waals surface area contributed by atoms with E-state index in [9.17, 15) is 8.42 Å². The van der Waals surface area contributed by atoms with Gasteiger partial charge in [0, 0.05) is 12.6 Å². The first kappa shape index (κ1) is 14.2. The van der Waals surface area contributed by atoms with Crippen molar-refractivity contribution in [2.45, 2.75) is 31.6 Å². The summed E-state index contributed by atoms with van der Waals surface area (Å²) in [5, 5.41) is 0. The molecule has 1 aromatic carbocycles. The molecule has 0 saturated carbocycles. The minimum absolute atomic E-state index is 0.00663. The highest BCUT2D eigenvalue weighted by Gasteiger charge is 2.12. The average Bonchev–Trinajstić information content (AvgIpc) is 2.28. The van der Waals surface area contributed by atoms with Gasteiger partial charge in [-0.1, -0.05) is 43.7 Å². The van der Waals surface area contributed by atoms with Gasteiger partial charge in [-0.3, -0.25) is 0 Å². The molecule has 0 aliphatic rings. The molecule has 17 heavy (non-hydrogen) atoms. The molecule has 3 N–H and O–H groups in total. The number of nitrogens with two attached hydrogens (primary N) is 1. The lowest BCUT2D eigenvalue weighted by molar-refractivity contribution is 0.552. The maximum atomic E-state index is 11.7. The van der Waals surface area contributed by atoms with E-state index in [1.165, 1.54) is 0 Å². The van der Waals surface area contributed by atoms with Crippen molar-refractivity contribution in [2.24, 2.45) is 5.73 Å². The van der Waals surface area contributed by atoms with Crippen molar-refractivity contribution in [3.63, 3.8) is 0 Å². The second-order valence-electron chi connectivity index (χ2n) is 4.14. The lowest BCUT2D eigenvalue weighted by Gasteiger charge is -2.12. The van der Waals surface area contributed by atoms with Crippen LogP contribution in [-0.4, -0.2) is 21.0 Å². The predicted molar refractivity (Wildman–Crippen MR) is 70.0 cm³/mol. The van der Waals surface area contributed by atoms with Gasteiger partial charge in [-0.2, -0.15) is 0 Å². The number of hydrogen-bond donors (Lipinski definition) is 2. The van der Waals surface area contributed by atoms with Gasteiger partial charge < -0.3 is 5.73 Å². The topological polar surface area (TPSA) is 72.2 Å². The third kappa shape index (κ3) is 5.81. The summed E-state index contributed by atoms with van der Waals surface area (Å²) in [4.78, 5) is 0. The quantitative estimate of drug-likeness (QED) is 0.771. The first-order chi connectivity index (χ1) is 8.03. The molecule has 0 spiro atoms. The maximum absolute atomic E-state index is 11.7. The van der Waals surface area contributed by atoms with Gasteiger partial charge in [0.05, 0.1) is 5.75 Å². The van der Waals surface area contributed by atoms with Gasteiger partial charge in [0.2, 0.25) is 10.0 Å². The standard InChI is InChI=1S/C12H20N2O2S/c1-2-6-12(13)9-14-17(15,16)10-11-7-4-3-5-8-11/h3-5,7-8,12,14H,2,6,9-10,13H2,1H3. The Labute approximate surface area is 103 Å². The summed E-state index contributed by atoms with van der Waals surface area (Å²) in [6.45, 7) is 2.33. The van der Waals surface area contributed by atoms with E-state index in [0.29, 0.717) is 6.54 Å². The fourth-order valence-electron chi connectivity index (χ4n) is 1.55. The number of sulfonamides is 1. The van der Waals surface area contributed by atoms with Crippen molar-refractivity contribution in [1.82, 2.24) is 4.72 Å². The van der Waals surface area contributed by atoms with E-state index in [2.05, 4.69) is 4.72 Å². The van der Waals surface area contributed by atoms with E-state index < -0.39 is 10.0 Å². The highest BCUT2D eigenvalue weighted by molar-refractivity contribution is 7.88. The molecule has 0 aliphatic carbocycles. The van der Waals surface area contributed by atoms with Gasteiger partial charge in [-0.15, -0.1) is 0 Å². The Hall–Kier alpha value is -0.910. The lowest BCUT2D eigenvalue weighted by atomic mass is 10.2. The van der Waals surface area contributed by atoms with Crippen molar-refractivity contribution in [2.75, 3.05) is 6.54 Å². The SMILES string of the molecule is CCCC(N)CNS(=O)(=O)Cc1ccccc1. The molecule has 0 saturated heterocycles. The fraction of sp³-hybridized carbons (Fsp3) is 0.500. The first-order valence-electron chi connectivity index (χ1n) is 5.80. The molecule has 1 aromatic rings. The van der Waals surface area contributed by atoms with Gasteiger partial charge in [0.25, 0.3) is 0 Å². The van der Waals surface area contributed by atoms with Crippen LogP contribution in [0.2, 0.25) is 0 Å². The summed E-state index contributed by atoms with van der Waals surface area (Å²) in [5.74, 6) is 0.00663. The second-order valence-corrected chi connectivity index (χ2v) is 5.95. The Morgan fingerprint density at radius 2 is 1.94 bits per heavy atom. The minimum Gasteiger partial charge on any atom is -0.327 e. The third-order valence-corrected chi connectivity index (χ3v) is 3.74. The molecule has 0 radical (unpaired) electrons. The van der Waals surface area contributed by atoms with Crippen molar-refractivity contribution in [3.05, 3.63) is 35.9 Å². The van der Waals surface area contributed by atoms with Gasteiger partial charge in [-0.05, 0) is 12.0 Å². The van der Waals surface area contributed by atoms with Gasteiger partial charge in [0.1, 0.15) is 0 Å². The molecule has 0 bridgehead atoms. The Morgan fingerprint density at radius 3 is 2.53 bits per heavy atom. The highest BCUT2D eigenvalue weighted by atomic mass is 32.2. The normalized spacial score (nSPS) is 13.5. The van der Waals surface area contributed by atoms with E-state index in [0.717, 1.165) is 18.4 Å². The van der Waals surface area contributed by atoms with Crippen LogP contribution in [0.1, 0.15) is 25.3 Å². The number of hydrogen-bond acceptors (Lipinski definition) is 3. The smallest absolute Gasteiger partial charge is 0.215 e. The molecule has 1 atom stereocenters. The molecular formula is C12H20N2O2S. The molecule has 1 rings (SSSR count). The molecule has 0 heterocycles. The van der Waals surface area contributed by atoms with E-state index in [4.69, 9.17) is 5.73 Å². The first-order valence-corrected chi connectivity index (χ1v) is 7.45. The Kier molecular flexibility index (Phi) is 5.61. The summed E-state index contributed by atoms with van der Waals surface area (Å²) < 4.78 is 26.0. The summed E-state index contributed by atoms with van der Waals surface area (Å²) in [6, 6.07) is 9.00. The third-order valence-electron chi connectivity index (χ3n) is 2.42. The lowest BCUT2D eigenvalue weighted by Crippen LogP contribution is -2.37. The molecule has 1 unspecified atom stereocenters. The summed E-state index contributed by atoms with van der Waals surface area (Å²) in [6.07, 6.45) is 1.79. The summed E-state index contributed by atoms with van der Waals surface area (Å²) in [5.41, 5.74) is 6.54. The maximum Gasteiger partial charge on any atom is 0.215 e. The van der Waals surface area contributed by atoms with Crippen molar-refractivity contribution >= 4 is 10.0 Å². The van der Waals surface area contributed by atoms with Gasteiger partial charge in [-0.25, -0.2) is 13.1 Å². The molecule has 0 aromatic heterocycles. The zero-order valence-corrected chi connectivity index (χ0v) is 10.9. The Morgan fingerprint density at radius 1 is 1.29 bits per heavy atom. The van der Waals surface area contributed by atoms with Crippen LogP contribution in [0.5, 0.6) is 0 Å². The Balaban J connectivity index is 2.47. The summed E-state index contributed by atoms with van der Waals surface area (Å²) >= 11 is 0. The minimum atomic E-state index is -3.28. The van der Waals surface area contributed by atoms with Crippen molar-refractivity contribution in [3.8, 4) is 0 Å². The molecule has 0 fully saturated rings. The molecule has 5 heteroatoms. The number of nitrogens with one attached hydrogen (secondary N) is 1. The van der Waals surface area contributed by atoms with Gasteiger partial charge in [0.15, 0.2) is 0 Å². The fourth-order valence-corrected chi connectivity index (χ4v) is 2.75. The van der Waals surface area contributed by atoms with E-state index in [-0.39, 0.29) is 11.8 Å². The monoisotopic (exact) mass is 256 g/mol. The molecule has 4 nitrogen and oxygen atoms in total. The van der Waals surface area contributed by atoms with Crippen LogP contribution in [0.4, 0.5) is 0 Å². The van der Waals surface area contributed by atoms with Crippen LogP contribution >= 0.6 is 0 Å². The zero-order valence-electron chi connectivity index (χ0n) is 10.1. The van der Waals surface area contributed by atoms with Crippen LogP contribution < -0.4 is 10.5 Å².